The van der Waals surface area contributed by atoms with E-state index in [2.05, 4.69) is 18.5 Å². The molecule has 3 amide bonds. The molecule has 3 aliphatic heterocycles. The lowest BCUT2D eigenvalue weighted by molar-refractivity contribution is -0.160. The molecule has 3 rings (SSSR count). The lowest BCUT2D eigenvalue weighted by atomic mass is 9.70. The molecule has 2 bridgehead atoms. The number of aliphatic hydroxyl groups is 1. The number of allylic oxidation sites excluding steroid dienone is 1. The summed E-state index contributed by atoms with van der Waals surface area (Å²) in [7, 11) is 0. The maximum Gasteiger partial charge on any atom is 0.312 e. The zero-order valence-corrected chi connectivity index (χ0v) is 25.2. The number of hydrogen-bond acceptors (Lipinski definition) is 7. The molecule has 0 aliphatic carbocycles. The van der Waals surface area contributed by atoms with Crippen LogP contribution in [-0.4, -0.2) is 94.7 Å². The van der Waals surface area contributed by atoms with Gasteiger partial charge in [-0.25, -0.2) is 0 Å². The molecule has 3 heterocycles. The van der Waals surface area contributed by atoms with Crippen LogP contribution in [0.2, 0.25) is 0 Å². The number of ether oxygens (including phenoxy) is 2. The highest BCUT2D eigenvalue weighted by Crippen LogP contribution is 2.59. The Morgan fingerprint density at radius 3 is 2.61 bits per heavy atom. The van der Waals surface area contributed by atoms with Crippen molar-refractivity contribution >= 4 is 23.7 Å². The van der Waals surface area contributed by atoms with Crippen molar-refractivity contribution in [3.05, 3.63) is 25.3 Å². The first-order valence-corrected chi connectivity index (χ1v) is 15.1. The van der Waals surface area contributed by atoms with E-state index in [0.717, 1.165) is 12.8 Å². The van der Waals surface area contributed by atoms with Crippen LogP contribution in [-0.2, 0) is 28.7 Å². The van der Waals surface area contributed by atoms with Gasteiger partial charge < -0.3 is 29.7 Å². The molecule has 0 saturated carbocycles. The van der Waals surface area contributed by atoms with Crippen LogP contribution in [0.25, 0.3) is 0 Å². The summed E-state index contributed by atoms with van der Waals surface area (Å²) in [5, 5.41) is 13.2. The van der Waals surface area contributed by atoms with E-state index in [9.17, 15) is 24.3 Å². The third kappa shape index (κ3) is 6.85. The summed E-state index contributed by atoms with van der Waals surface area (Å²) >= 11 is 0. The first-order chi connectivity index (χ1) is 19.6. The van der Waals surface area contributed by atoms with Crippen LogP contribution in [0.1, 0.15) is 72.6 Å². The topological polar surface area (TPSA) is 125 Å². The van der Waals surface area contributed by atoms with Gasteiger partial charge in [-0.2, -0.15) is 0 Å². The smallest absolute Gasteiger partial charge is 0.312 e. The summed E-state index contributed by atoms with van der Waals surface area (Å²) in [6.45, 7) is 15.9. The minimum atomic E-state index is -1.17. The van der Waals surface area contributed by atoms with Gasteiger partial charge in [0.15, 0.2) is 0 Å². The SMILES string of the molecule is C=CCCC(=O)NC[C@H](C)OC(=O)[C@@H]1[C@@H]2CC[C@]3(O2)[C@H](C(=O)N(CC=C)CCCC)N([C@@H](CO)CC(C)C)C(=O)[C@@H]13. The molecule has 230 valence electrons. The molecule has 1 spiro atoms. The number of fused-ring (bicyclic) bond motifs is 1. The Kier molecular flexibility index (Phi) is 11.6. The number of aliphatic hydroxyl groups excluding tert-OH is 1. The molecule has 0 aromatic heterocycles. The molecule has 0 aromatic carbocycles. The summed E-state index contributed by atoms with van der Waals surface area (Å²) < 4.78 is 12.2. The van der Waals surface area contributed by atoms with E-state index in [1.54, 1.807) is 24.0 Å². The van der Waals surface area contributed by atoms with Gasteiger partial charge in [-0.05, 0) is 44.9 Å². The Labute approximate surface area is 244 Å². The van der Waals surface area contributed by atoms with Crippen molar-refractivity contribution < 1.29 is 33.8 Å². The van der Waals surface area contributed by atoms with Gasteiger partial charge >= 0.3 is 5.97 Å². The van der Waals surface area contributed by atoms with E-state index in [-0.39, 0.29) is 36.8 Å². The number of carbonyl (C=O) groups is 4. The van der Waals surface area contributed by atoms with Gasteiger partial charge in [0.25, 0.3) is 0 Å². The number of nitrogens with zero attached hydrogens (tertiary/aromatic N) is 2. The molecule has 3 saturated heterocycles. The number of esters is 1. The lowest BCUT2D eigenvalue weighted by Crippen LogP contribution is -2.59. The summed E-state index contributed by atoms with van der Waals surface area (Å²) in [6.07, 6.45) is 6.24. The van der Waals surface area contributed by atoms with Gasteiger partial charge in [0.2, 0.25) is 17.7 Å². The van der Waals surface area contributed by atoms with E-state index in [0.29, 0.717) is 45.2 Å². The third-order valence-electron chi connectivity index (χ3n) is 8.51. The molecule has 10 heteroatoms. The number of rotatable bonds is 17. The van der Waals surface area contributed by atoms with Crippen molar-refractivity contribution in [3.8, 4) is 0 Å². The molecule has 7 atom stereocenters. The zero-order valence-electron chi connectivity index (χ0n) is 25.2. The Bertz CT molecular complexity index is 985. The summed E-state index contributed by atoms with van der Waals surface area (Å²) in [5.41, 5.74) is -1.17. The highest BCUT2D eigenvalue weighted by Gasteiger charge is 2.75. The fourth-order valence-corrected chi connectivity index (χ4v) is 6.72. The molecule has 3 aliphatic rings. The van der Waals surface area contributed by atoms with Crippen molar-refractivity contribution in [1.82, 2.24) is 15.1 Å². The summed E-state index contributed by atoms with van der Waals surface area (Å²) in [6, 6.07) is -1.53. The number of hydrogen-bond donors (Lipinski definition) is 2. The van der Waals surface area contributed by atoms with Crippen LogP contribution in [0, 0.1) is 17.8 Å². The van der Waals surface area contributed by atoms with Gasteiger partial charge in [-0.1, -0.05) is 39.3 Å². The highest BCUT2D eigenvalue weighted by molar-refractivity contribution is 5.98. The minimum Gasteiger partial charge on any atom is -0.460 e. The molecule has 41 heavy (non-hydrogen) atoms. The zero-order chi connectivity index (χ0) is 30.3. The molecule has 2 N–H and O–H groups in total. The fourth-order valence-electron chi connectivity index (χ4n) is 6.72. The minimum absolute atomic E-state index is 0.145. The van der Waals surface area contributed by atoms with Crippen molar-refractivity contribution in [3.63, 3.8) is 0 Å². The fraction of sp³-hybridized carbons (Fsp3) is 0.742. The van der Waals surface area contributed by atoms with Crippen LogP contribution < -0.4 is 5.32 Å². The van der Waals surface area contributed by atoms with Gasteiger partial charge in [0.05, 0.1) is 37.1 Å². The van der Waals surface area contributed by atoms with Crippen molar-refractivity contribution in [2.75, 3.05) is 26.2 Å². The van der Waals surface area contributed by atoms with Crippen LogP contribution in [0.5, 0.6) is 0 Å². The molecule has 0 unspecified atom stereocenters. The number of likely N-dealkylation sites (tertiary alicyclic amines) is 1. The van der Waals surface area contributed by atoms with Gasteiger partial charge in [0.1, 0.15) is 17.7 Å². The normalized spacial score (nSPS) is 27.9. The predicted molar refractivity (Wildman–Crippen MR) is 154 cm³/mol. The largest absolute Gasteiger partial charge is 0.460 e. The van der Waals surface area contributed by atoms with Crippen LogP contribution in [0.4, 0.5) is 0 Å². The van der Waals surface area contributed by atoms with Crippen LogP contribution in [0.3, 0.4) is 0 Å². The second-order valence-electron chi connectivity index (χ2n) is 12.1. The summed E-state index contributed by atoms with van der Waals surface area (Å²) in [4.78, 5) is 57.3. The molecule has 0 aromatic rings. The van der Waals surface area contributed by atoms with E-state index in [1.165, 1.54) is 4.90 Å². The standard InChI is InChI=1S/C31H49N3O7/c1-7-10-12-24(36)32-18-21(6)40-30(39)25-23-13-14-31(41-23)26(25)28(37)34(22(19-35)17-20(4)5)27(31)29(38)33(15-9-3)16-11-8-2/h7,9,20-23,25-27,35H,1,3,8,10-19H2,2,4-6H3,(H,32,36)/t21-,22+,23-,25+,26+,27-,31+/m0/s1. The van der Waals surface area contributed by atoms with Crippen LogP contribution in [0.15, 0.2) is 25.3 Å². The monoisotopic (exact) mass is 575 g/mol. The second kappa shape index (κ2) is 14.4. The lowest BCUT2D eigenvalue weighted by Gasteiger charge is -2.39. The molecule has 10 nitrogen and oxygen atoms in total. The van der Waals surface area contributed by atoms with Crippen molar-refractivity contribution in [1.29, 1.82) is 0 Å². The quantitative estimate of drug-likeness (QED) is 0.202. The van der Waals surface area contributed by atoms with Crippen molar-refractivity contribution in [2.45, 2.75) is 103 Å². The van der Waals surface area contributed by atoms with Crippen molar-refractivity contribution in [2.24, 2.45) is 17.8 Å². The van der Waals surface area contributed by atoms with E-state index in [1.807, 2.05) is 20.8 Å². The highest BCUT2D eigenvalue weighted by atomic mass is 16.6. The Morgan fingerprint density at radius 1 is 1.27 bits per heavy atom. The second-order valence-corrected chi connectivity index (χ2v) is 12.1. The Morgan fingerprint density at radius 2 is 2.00 bits per heavy atom. The molecule has 0 radical (unpaired) electrons. The number of unbranched alkanes of at least 4 members (excludes halogenated alkanes) is 1. The van der Waals surface area contributed by atoms with Gasteiger partial charge in [0, 0.05) is 19.5 Å². The average Bonchev–Trinajstić information content (AvgIpc) is 3.58. The van der Waals surface area contributed by atoms with Gasteiger partial charge in [-0.3, -0.25) is 19.2 Å². The number of carbonyl (C=O) groups excluding carboxylic acids is 4. The predicted octanol–water partition coefficient (Wildman–Crippen LogP) is 2.60. The number of amides is 3. The average molecular weight is 576 g/mol. The first kappa shape index (κ1) is 32.8. The van der Waals surface area contributed by atoms with E-state index < -0.39 is 47.7 Å². The molecular weight excluding hydrogens is 526 g/mol. The third-order valence-corrected chi connectivity index (χ3v) is 8.51. The Balaban J connectivity index is 1.90. The molecule has 3 fully saturated rings. The van der Waals surface area contributed by atoms with E-state index >= 15 is 0 Å². The van der Waals surface area contributed by atoms with Gasteiger partial charge in [-0.15, -0.1) is 13.2 Å². The van der Waals surface area contributed by atoms with E-state index in [4.69, 9.17) is 9.47 Å². The summed E-state index contributed by atoms with van der Waals surface area (Å²) in [5.74, 6) is -2.88. The Hall–Kier alpha value is -2.72. The maximum absolute atomic E-state index is 14.3. The molecular formula is C31H49N3O7. The first-order valence-electron chi connectivity index (χ1n) is 15.1. The van der Waals surface area contributed by atoms with Crippen LogP contribution >= 0.6 is 0 Å². The number of nitrogens with one attached hydrogen (secondary N) is 1. The maximum atomic E-state index is 14.3.